The van der Waals surface area contributed by atoms with E-state index in [-0.39, 0.29) is 18.2 Å². The van der Waals surface area contributed by atoms with Crippen LogP contribution in [0.15, 0.2) is 29.4 Å². The molecular formula is C16H23N3O3S. The first-order chi connectivity index (χ1) is 11.1. The van der Waals surface area contributed by atoms with E-state index in [1.165, 1.54) is 0 Å². The summed E-state index contributed by atoms with van der Waals surface area (Å²) in [5.74, 6) is -0.166. The number of hydrogen-bond acceptors (Lipinski definition) is 5. The molecule has 1 N–H and O–H groups in total. The molecule has 1 saturated heterocycles. The minimum absolute atomic E-state index is 0.0713. The highest BCUT2D eigenvalue weighted by molar-refractivity contribution is 7.89. The van der Waals surface area contributed by atoms with Crippen LogP contribution < -0.4 is 5.32 Å². The van der Waals surface area contributed by atoms with Crippen molar-refractivity contribution in [2.75, 3.05) is 13.1 Å². The summed E-state index contributed by atoms with van der Waals surface area (Å²) < 4.78 is 14.1. The minimum atomic E-state index is -1.45. The van der Waals surface area contributed by atoms with Crippen molar-refractivity contribution in [1.82, 2.24) is 14.6 Å². The average molecular weight is 337 g/mol. The van der Waals surface area contributed by atoms with E-state index < -0.39 is 17.4 Å². The van der Waals surface area contributed by atoms with Crippen molar-refractivity contribution in [1.29, 1.82) is 0 Å². The van der Waals surface area contributed by atoms with Crippen LogP contribution in [0.4, 0.5) is 0 Å². The van der Waals surface area contributed by atoms with Crippen molar-refractivity contribution in [2.45, 2.75) is 50.1 Å². The summed E-state index contributed by atoms with van der Waals surface area (Å²) in [6, 6.07) is 4.76. The van der Waals surface area contributed by atoms with E-state index in [9.17, 15) is 14.1 Å². The molecule has 0 saturated carbocycles. The van der Waals surface area contributed by atoms with E-state index in [2.05, 4.69) is 10.3 Å². The summed E-state index contributed by atoms with van der Waals surface area (Å²) in [7, 11) is 0. The monoisotopic (exact) mass is 337 g/mol. The summed E-state index contributed by atoms with van der Waals surface area (Å²) in [5, 5.41) is 3.26. The number of amides is 1. The summed E-state index contributed by atoms with van der Waals surface area (Å²) in [6.45, 7) is 2.65. The van der Waals surface area contributed by atoms with Gasteiger partial charge in [-0.05, 0) is 25.3 Å². The number of carbonyl (C=O) groups excluding carboxylic acids is 2. The molecule has 2 rings (SSSR count). The highest BCUT2D eigenvalue weighted by Crippen LogP contribution is 2.17. The first-order valence-corrected chi connectivity index (χ1v) is 9.12. The molecule has 1 aliphatic rings. The lowest BCUT2D eigenvalue weighted by Gasteiger charge is -2.21. The van der Waals surface area contributed by atoms with Crippen molar-refractivity contribution in [3.05, 3.63) is 24.4 Å². The van der Waals surface area contributed by atoms with Crippen LogP contribution in [-0.4, -0.2) is 44.7 Å². The molecular weight excluding hydrogens is 314 g/mol. The Morgan fingerprint density at radius 3 is 3.04 bits per heavy atom. The van der Waals surface area contributed by atoms with Crippen molar-refractivity contribution in [3.63, 3.8) is 0 Å². The third-order valence-electron chi connectivity index (χ3n) is 3.76. The van der Waals surface area contributed by atoms with Crippen LogP contribution >= 0.6 is 0 Å². The molecule has 1 aliphatic heterocycles. The fraction of sp³-hybridized carbons (Fsp3) is 0.562. The number of pyridine rings is 1. The van der Waals surface area contributed by atoms with Gasteiger partial charge in [0.25, 0.3) is 5.03 Å². The molecule has 0 radical (unpaired) electrons. The maximum absolute atomic E-state index is 12.5. The summed E-state index contributed by atoms with van der Waals surface area (Å²) in [4.78, 5) is 28.3. The summed E-state index contributed by atoms with van der Waals surface area (Å²) >= 11 is -1.45. The lowest BCUT2D eigenvalue weighted by Crippen LogP contribution is -2.44. The van der Waals surface area contributed by atoms with Gasteiger partial charge in [-0.1, -0.05) is 19.4 Å². The molecule has 1 aromatic rings. The SMILES string of the molecule is CCCCC(=O)NC1CCCN([S+]([O-])c2ccccn2)CC1=O. The lowest BCUT2D eigenvalue weighted by molar-refractivity contribution is -0.127. The van der Waals surface area contributed by atoms with Gasteiger partial charge >= 0.3 is 0 Å². The molecule has 2 atom stereocenters. The van der Waals surface area contributed by atoms with Gasteiger partial charge in [0.2, 0.25) is 5.91 Å². The van der Waals surface area contributed by atoms with Crippen LogP contribution in [0.1, 0.15) is 39.0 Å². The van der Waals surface area contributed by atoms with Crippen LogP contribution in [-0.2, 0) is 21.0 Å². The van der Waals surface area contributed by atoms with Crippen molar-refractivity contribution in [3.8, 4) is 0 Å². The van der Waals surface area contributed by atoms with E-state index in [0.29, 0.717) is 30.8 Å². The van der Waals surface area contributed by atoms with E-state index in [4.69, 9.17) is 0 Å². The number of ketones is 1. The van der Waals surface area contributed by atoms with Gasteiger partial charge < -0.3 is 9.87 Å². The summed E-state index contributed by atoms with van der Waals surface area (Å²) in [6.07, 6.45) is 5.11. The van der Waals surface area contributed by atoms with Crippen molar-refractivity contribution < 1.29 is 14.1 Å². The van der Waals surface area contributed by atoms with Crippen molar-refractivity contribution >= 4 is 23.1 Å². The highest BCUT2D eigenvalue weighted by atomic mass is 32.2. The average Bonchev–Trinajstić information content (AvgIpc) is 2.75. The molecule has 1 amide bonds. The first-order valence-electron chi connectivity index (χ1n) is 8.01. The molecule has 2 unspecified atom stereocenters. The fourth-order valence-electron chi connectivity index (χ4n) is 2.48. The van der Waals surface area contributed by atoms with E-state index in [1.54, 1.807) is 28.7 Å². The maximum atomic E-state index is 12.5. The van der Waals surface area contributed by atoms with E-state index >= 15 is 0 Å². The smallest absolute Gasteiger partial charge is 0.265 e. The zero-order valence-corrected chi connectivity index (χ0v) is 14.2. The van der Waals surface area contributed by atoms with E-state index in [1.807, 2.05) is 6.92 Å². The molecule has 0 bridgehead atoms. The lowest BCUT2D eigenvalue weighted by atomic mass is 10.1. The molecule has 0 aliphatic carbocycles. The third-order valence-corrected chi connectivity index (χ3v) is 5.14. The van der Waals surface area contributed by atoms with Gasteiger partial charge in [-0.2, -0.15) is 0 Å². The minimum Gasteiger partial charge on any atom is -0.591 e. The van der Waals surface area contributed by atoms with Crippen LogP contribution in [0, 0.1) is 0 Å². The molecule has 0 aromatic carbocycles. The zero-order chi connectivity index (χ0) is 16.7. The number of unbranched alkanes of at least 4 members (excludes halogenated alkanes) is 1. The van der Waals surface area contributed by atoms with Crippen molar-refractivity contribution in [2.24, 2.45) is 0 Å². The molecule has 126 valence electrons. The summed E-state index contributed by atoms with van der Waals surface area (Å²) in [5.41, 5.74) is 0. The topological polar surface area (TPSA) is 85.4 Å². The first kappa shape index (κ1) is 17.9. The Morgan fingerprint density at radius 2 is 2.35 bits per heavy atom. The second-order valence-electron chi connectivity index (χ2n) is 5.61. The number of nitrogens with one attached hydrogen (secondary N) is 1. The van der Waals surface area contributed by atoms with Gasteiger partial charge in [0, 0.05) is 25.2 Å². The Kier molecular flexibility index (Phi) is 7.01. The van der Waals surface area contributed by atoms with E-state index in [0.717, 1.165) is 12.8 Å². The second-order valence-corrected chi connectivity index (χ2v) is 7.05. The second kappa shape index (κ2) is 9.00. The zero-order valence-electron chi connectivity index (χ0n) is 13.4. The number of rotatable bonds is 6. The Hall–Kier alpha value is -1.44. The quantitative estimate of drug-likeness (QED) is 0.794. The Morgan fingerprint density at radius 1 is 1.52 bits per heavy atom. The fourth-order valence-corrected chi connectivity index (χ4v) is 3.63. The number of aromatic nitrogens is 1. The van der Waals surface area contributed by atoms with Gasteiger partial charge in [-0.15, -0.1) is 4.31 Å². The Bertz CT molecular complexity index is 527. The largest absolute Gasteiger partial charge is 0.591 e. The standard InChI is InChI=1S/C16H23N3O3S/c1-2-3-8-15(21)18-13-7-6-11-19(12-14(13)20)23(22)16-9-4-5-10-17-16/h4-5,9-10,13H,2-3,6-8,11-12H2,1H3,(H,18,21). The van der Waals surface area contributed by atoms with Crippen LogP contribution in [0.25, 0.3) is 0 Å². The Balaban J connectivity index is 1.94. The maximum Gasteiger partial charge on any atom is 0.265 e. The molecule has 23 heavy (non-hydrogen) atoms. The predicted molar refractivity (Wildman–Crippen MR) is 87.9 cm³/mol. The molecule has 6 nitrogen and oxygen atoms in total. The van der Waals surface area contributed by atoms with Gasteiger partial charge in [-0.3, -0.25) is 9.59 Å². The normalized spacial score (nSPS) is 20.8. The number of Topliss-reactive ketones (excluding diaryl/α,β-unsaturated/α-hetero) is 1. The molecule has 1 fully saturated rings. The molecule has 1 aromatic heterocycles. The number of carbonyl (C=O) groups is 2. The number of nitrogens with zero attached hydrogens (tertiary/aromatic N) is 2. The molecule has 2 heterocycles. The van der Waals surface area contributed by atoms with Gasteiger partial charge in [0.1, 0.15) is 17.9 Å². The van der Waals surface area contributed by atoms with Crippen LogP contribution in [0.3, 0.4) is 0 Å². The van der Waals surface area contributed by atoms with Gasteiger partial charge in [0.05, 0.1) is 6.04 Å². The Labute approximate surface area is 140 Å². The third kappa shape index (κ3) is 5.30. The van der Waals surface area contributed by atoms with Crippen LogP contribution in [0.2, 0.25) is 0 Å². The molecule has 7 heteroatoms. The van der Waals surface area contributed by atoms with Gasteiger partial charge in [0.15, 0.2) is 5.78 Å². The predicted octanol–water partition coefficient (Wildman–Crippen LogP) is 1.44. The van der Waals surface area contributed by atoms with Crippen LogP contribution in [0.5, 0.6) is 0 Å². The van der Waals surface area contributed by atoms with Gasteiger partial charge in [-0.25, -0.2) is 4.98 Å². The highest BCUT2D eigenvalue weighted by Gasteiger charge is 2.32. The number of hydrogen-bond donors (Lipinski definition) is 1. The molecule has 0 spiro atoms.